The number of benzene rings is 2. The van der Waals surface area contributed by atoms with Crippen LogP contribution in [0.4, 0.5) is 0 Å². The van der Waals surface area contributed by atoms with Crippen LogP contribution in [-0.2, 0) is 0 Å². The fourth-order valence-electron chi connectivity index (χ4n) is 2.54. The zero-order chi connectivity index (χ0) is 12.7. The third-order valence-corrected chi connectivity index (χ3v) is 4.40. The Balaban J connectivity index is 2.12. The average molecular weight is 261 g/mol. The van der Waals surface area contributed by atoms with Gasteiger partial charge in [-0.1, -0.05) is 42.5 Å². The first-order valence-electron chi connectivity index (χ1n) is 6.23. The minimum Gasteiger partial charge on any atom is -0.263 e. The molecule has 4 aromatic rings. The summed E-state index contributed by atoms with van der Waals surface area (Å²) in [6.07, 6.45) is 3.89. The topological polar surface area (TPSA) is 12.9 Å². The van der Waals surface area contributed by atoms with Crippen molar-refractivity contribution in [2.45, 2.75) is 0 Å². The highest BCUT2D eigenvalue weighted by atomic mass is 32.1. The summed E-state index contributed by atoms with van der Waals surface area (Å²) in [5, 5.41) is 5.90. The molecular weight excluding hydrogens is 250 g/mol. The molecule has 2 aromatic carbocycles. The SMILES string of the molecule is c1ccc2c(-c3cccc4ccsc34)cncc2c1. The number of hydrogen-bond acceptors (Lipinski definition) is 2. The first-order chi connectivity index (χ1) is 9.43. The standard InChI is InChI=1S/C17H11NS/c1-2-6-14-13(4-1)10-18-11-16(14)15-7-3-5-12-8-9-19-17(12)15/h1-11H. The molecule has 0 unspecified atom stereocenters. The van der Waals surface area contributed by atoms with Gasteiger partial charge in [-0.3, -0.25) is 4.98 Å². The number of pyridine rings is 1. The zero-order valence-electron chi connectivity index (χ0n) is 10.2. The number of aromatic nitrogens is 1. The number of nitrogens with zero attached hydrogens (tertiary/aromatic N) is 1. The van der Waals surface area contributed by atoms with Gasteiger partial charge in [-0.15, -0.1) is 11.3 Å². The van der Waals surface area contributed by atoms with E-state index in [2.05, 4.69) is 58.9 Å². The van der Waals surface area contributed by atoms with Crippen LogP contribution in [-0.4, -0.2) is 4.98 Å². The van der Waals surface area contributed by atoms with Crippen molar-refractivity contribution >= 4 is 32.2 Å². The molecule has 2 aromatic heterocycles. The molecule has 0 aliphatic carbocycles. The van der Waals surface area contributed by atoms with Gasteiger partial charge in [-0.05, 0) is 22.2 Å². The van der Waals surface area contributed by atoms with Crippen LogP contribution in [0.15, 0.2) is 66.3 Å². The fourth-order valence-corrected chi connectivity index (χ4v) is 3.46. The number of thiophene rings is 1. The summed E-state index contributed by atoms with van der Waals surface area (Å²) >= 11 is 1.79. The monoisotopic (exact) mass is 261 g/mol. The van der Waals surface area contributed by atoms with Gasteiger partial charge in [0, 0.05) is 33.6 Å². The smallest absolute Gasteiger partial charge is 0.0421 e. The molecule has 0 atom stereocenters. The summed E-state index contributed by atoms with van der Waals surface area (Å²) in [5.74, 6) is 0. The van der Waals surface area contributed by atoms with E-state index in [1.165, 1.54) is 32.0 Å². The van der Waals surface area contributed by atoms with Crippen LogP contribution < -0.4 is 0 Å². The Hall–Kier alpha value is -2.19. The lowest BCUT2D eigenvalue weighted by Gasteiger charge is -2.07. The average Bonchev–Trinajstić information content (AvgIpc) is 2.95. The van der Waals surface area contributed by atoms with Crippen molar-refractivity contribution in [2.24, 2.45) is 0 Å². The predicted octanol–water partition coefficient (Wildman–Crippen LogP) is 5.12. The molecule has 1 nitrogen and oxygen atoms in total. The van der Waals surface area contributed by atoms with Crippen molar-refractivity contribution in [1.82, 2.24) is 4.98 Å². The number of hydrogen-bond donors (Lipinski definition) is 0. The lowest BCUT2D eigenvalue weighted by Crippen LogP contribution is -1.83. The summed E-state index contributed by atoms with van der Waals surface area (Å²) < 4.78 is 1.33. The highest BCUT2D eigenvalue weighted by molar-refractivity contribution is 7.17. The summed E-state index contributed by atoms with van der Waals surface area (Å²) in [5.41, 5.74) is 2.49. The largest absolute Gasteiger partial charge is 0.263 e. The van der Waals surface area contributed by atoms with Gasteiger partial charge in [0.2, 0.25) is 0 Å². The zero-order valence-corrected chi connectivity index (χ0v) is 11.0. The van der Waals surface area contributed by atoms with Crippen molar-refractivity contribution in [3.63, 3.8) is 0 Å². The maximum atomic E-state index is 4.39. The molecule has 0 bridgehead atoms. The van der Waals surface area contributed by atoms with Crippen LogP contribution in [0.25, 0.3) is 32.0 Å². The Morgan fingerprint density at radius 1 is 0.737 bits per heavy atom. The minimum absolute atomic E-state index is 1.19. The Kier molecular flexibility index (Phi) is 2.35. The molecule has 19 heavy (non-hydrogen) atoms. The van der Waals surface area contributed by atoms with Crippen molar-refractivity contribution < 1.29 is 0 Å². The Labute approximate surface area is 115 Å². The van der Waals surface area contributed by atoms with Crippen LogP contribution in [0.2, 0.25) is 0 Å². The first-order valence-corrected chi connectivity index (χ1v) is 7.11. The molecular formula is C17H11NS. The van der Waals surface area contributed by atoms with E-state index in [4.69, 9.17) is 0 Å². The van der Waals surface area contributed by atoms with E-state index in [-0.39, 0.29) is 0 Å². The van der Waals surface area contributed by atoms with Gasteiger partial charge in [-0.2, -0.15) is 0 Å². The minimum atomic E-state index is 1.19. The van der Waals surface area contributed by atoms with Crippen molar-refractivity contribution in [1.29, 1.82) is 0 Å². The van der Waals surface area contributed by atoms with Gasteiger partial charge in [0.25, 0.3) is 0 Å². The third-order valence-electron chi connectivity index (χ3n) is 3.44. The van der Waals surface area contributed by atoms with Crippen LogP contribution in [0, 0.1) is 0 Å². The normalized spacial score (nSPS) is 11.2. The maximum absolute atomic E-state index is 4.39. The third kappa shape index (κ3) is 1.65. The Bertz CT molecular complexity index is 871. The van der Waals surface area contributed by atoms with E-state index in [0.717, 1.165) is 0 Å². The number of fused-ring (bicyclic) bond motifs is 2. The van der Waals surface area contributed by atoms with E-state index in [1.807, 2.05) is 12.4 Å². The van der Waals surface area contributed by atoms with E-state index < -0.39 is 0 Å². The molecule has 0 aliphatic rings. The molecule has 2 heteroatoms. The molecule has 2 heterocycles. The molecule has 0 amide bonds. The van der Waals surface area contributed by atoms with E-state index in [0.29, 0.717) is 0 Å². The molecule has 0 aliphatic heterocycles. The van der Waals surface area contributed by atoms with E-state index in [1.54, 1.807) is 11.3 Å². The molecule has 0 fully saturated rings. The van der Waals surface area contributed by atoms with Crippen LogP contribution in [0.1, 0.15) is 0 Å². The maximum Gasteiger partial charge on any atom is 0.0421 e. The summed E-state index contributed by atoms with van der Waals surface area (Å²) in [7, 11) is 0. The molecule has 0 spiro atoms. The van der Waals surface area contributed by atoms with Crippen molar-refractivity contribution in [2.75, 3.05) is 0 Å². The van der Waals surface area contributed by atoms with Gasteiger partial charge in [0.15, 0.2) is 0 Å². The second kappa shape index (κ2) is 4.18. The van der Waals surface area contributed by atoms with Gasteiger partial charge < -0.3 is 0 Å². The van der Waals surface area contributed by atoms with Gasteiger partial charge in [-0.25, -0.2) is 0 Å². The van der Waals surface area contributed by atoms with Gasteiger partial charge >= 0.3 is 0 Å². The Morgan fingerprint density at radius 3 is 2.63 bits per heavy atom. The van der Waals surface area contributed by atoms with Crippen LogP contribution in [0.5, 0.6) is 0 Å². The molecule has 0 saturated carbocycles. The second-order valence-corrected chi connectivity index (χ2v) is 5.47. The Morgan fingerprint density at radius 2 is 1.63 bits per heavy atom. The summed E-state index contributed by atoms with van der Waals surface area (Å²) in [6, 6.07) is 17.0. The molecule has 0 saturated heterocycles. The highest BCUT2D eigenvalue weighted by Crippen LogP contribution is 2.35. The van der Waals surface area contributed by atoms with Crippen molar-refractivity contribution in [3.8, 4) is 11.1 Å². The molecule has 0 radical (unpaired) electrons. The summed E-state index contributed by atoms with van der Waals surface area (Å²) in [6.45, 7) is 0. The molecule has 90 valence electrons. The van der Waals surface area contributed by atoms with Crippen LogP contribution in [0.3, 0.4) is 0 Å². The first kappa shape index (κ1) is 10.7. The second-order valence-electron chi connectivity index (χ2n) is 4.55. The van der Waals surface area contributed by atoms with E-state index >= 15 is 0 Å². The van der Waals surface area contributed by atoms with Gasteiger partial charge in [0.05, 0.1) is 0 Å². The number of rotatable bonds is 1. The fraction of sp³-hybridized carbons (Fsp3) is 0. The van der Waals surface area contributed by atoms with Crippen molar-refractivity contribution in [3.05, 3.63) is 66.3 Å². The molecule has 4 rings (SSSR count). The van der Waals surface area contributed by atoms with Gasteiger partial charge in [0.1, 0.15) is 0 Å². The van der Waals surface area contributed by atoms with Crippen LogP contribution >= 0.6 is 11.3 Å². The quantitative estimate of drug-likeness (QED) is 0.463. The lowest BCUT2D eigenvalue weighted by atomic mass is 10.0. The van der Waals surface area contributed by atoms with E-state index in [9.17, 15) is 0 Å². The molecule has 0 N–H and O–H groups in total. The summed E-state index contributed by atoms with van der Waals surface area (Å²) in [4.78, 5) is 4.39. The lowest BCUT2D eigenvalue weighted by molar-refractivity contribution is 1.36. The predicted molar refractivity (Wildman–Crippen MR) is 82.6 cm³/mol. The highest BCUT2D eigenvalue weighted by Gasteiger charge is 2.08.